The summed E-state index contributed by atoms with van der Waals surface area (Å²) in [6, 6.07) is 9.06. The number of benzene rings is 1. The van der Waals surface area contributed by atoms with Crippen LogP contribution < -0.4 is 0 Å². The largest absolute Gasteiger partial charge is 0.362 e. The van der Waals surface area contributed by atoms with Gasteiger partial charge >= 0.3 is 0 Å². The van der Waals surface area contributed by atoms with Gasteiger partial charge in [-0.2, -0.15) is 0 Å². The Hall–Kier alpha value is -1.71. The van der Waals surface area contributed by atoms with Gasteiger partial charge in [0.05, 0.1) is 0 Å². The summed E-state index contributed by atoms with van der Waals surface area (Å²) in [4.78, 5) is 12.1. The number of allylic oxidation sites excluding steroid dienone is 2. The molecular weight excluding hydrogens is 216 g/mol. The van der Waals surface area contributed by atoms with Crippen molar-refractivity contribution >= 4 is 5.78 Å². The van der Waals surface area contributed by atoms with E-state index >= 15 is 0 Å². The minimum atomic E-state index is -1.28. The molecule has 88 valence electrons. The molecule has 0 radical (unpaired) electrons. The van der Waals surface area contributed by atoms with Crippen molar-refractivity contribution in [3.8, 4) is 0 Å². The van der Waals surface area contributed by atoms with Crippen LogP contribution in [-0.2, 0) is 4.74 Å². The van der Waals surface area contributed by atoms with Gasteiger partial charge in [-0.3, -0.25) is 4.79 Å². The van der Waals surface area contributed by atoms with E-state index in [1.165, 1.54) is 13.2 Å². The Kier molecular flexibility index (Phi) is 3.22. The van der Waals surface area contributed by atoms with E-state index in [9.17, 15) is 9.90 Å². The molecule has 0 saturated heterocycles. The topological polar surface area (TPSA) is 46.5 Å². The fourth-order valence-corrected chi connectivity index (χ4v) is 1.69. The van der Waals surface area contributed by atoms with Gasteiger partial charge < -0.3 is 9.84 Å². The first-order valence-corrected chi connectivity index (χ1v) is 5.41. The van der Waals surface area contributed by atoms with Crippen molar-refractivity contribution in [2.75, 3.05) is 7.11 Å². The van der Waals surface area contributed by atoms with Crippen molar-refractivity contribution in [2.24, 2.45) is 0 Å². The quantitative estimate of drug-likeness (QED) is 0.639. The van der Waals surface area contributed by atoms with Gasteiger partial charge in [-0.15, -0.1) is 0 Å². The average molecular weight is 230 g/mol. The van der Waals surface area contributed by atoms with Gasteiger partial charge in [0.2, 0.25) is 0 Å². The standard InChI is InChI=1S/C14H14O3/c1-17-14(16)9-7-12(8-10-14)13(15)11-5-3-2-4-6-11/h2-9,16H,10H2,1H3. The first kappa shape index (κ1) is 11.8. The smallest absolute Gasteiger partial charge is 0.192 e. The molecule has 0 saturated carbocycles. The lowest BCUT2D eigenvalue weighted by molar-refractivity contribution is -0.143. The third-order valence-electron chi connectivity index (χ3n) is 2.79. The number of ketones is 1. The molecule has 1 N–H and O–H groups in total. The molecule has 0 fully saturated rings. The van der Waals surface area contributed by atoms with E-state index in [0.717, 1.165) is 0 Å². The molecule has 1 aromatic carbocycles. The molecule has 17 heavy (non-hydrogen) atoms. The molecule has 0 aromatic heterocycles. The van der Waals surface area contributed by atoms with Gasteiger partial charge in [0, 0.05) is 24.7 Å². The summed E-state index contributed by atoms with van der Waals surface area (Å²) in [5.74, 6) is -1.32. The van der Waals surface area contributed by atoms with Crippen LogP contribution in [0.15, 0.2) is 54.1 Å². The summed E-state index contributed by atoms with van der Waals surface area (Å²) in [6.07, 6.45) is 5.08. The van der Waals surface area contributed by atoms with E-state index in [4.69, 9.17) is 4.74 Å². The second-order valence-electron chi connectivity index (χ2n) is 3.94. The van der Waals surface area contributed by atoms with Crippen LogP contribution in [0.1, 0.15) is 16.8 Å². The van der Waals surface area contributed by atoms with Crippen molar-refractivity contribution in [1.29, 1.82) is 0 Å². The minimum Gasteiger partial charge on any atom is -0.362 e. The van der Waals surface area contributed by atoms with Crippen LogP contribution in [-0.4, -0.2) is 23.8 Å². The van der Waals surface area contributed by atoms with Gasteiger partial charge in [-0.05, 0) is 6.08 Å². The fraction of sp³-hybridized carbons (Fsp3) is 0.214. The maximum atomic E-state index is 12.1. The van der Waals surface area contributed by atoms with Gasteiger partial charge in [-0.25, -0.2) is 0 Å². The highest BCUT2D eigenvalue weighted by atomic mass is 16.6. The molecule has 0 aliphatic heterocycles. The van der Waals surface area contributed by atoms with Crippen molar-refractivity contribution in [3.05, 3.63) is 59.7 Å². The Morgan fingerprint density at radius 2 is 2.06 bits per heavy atom. The first-order chi connectivity index (χ1) is 8.14. The Morgan fingerprint density at radius 3 is 2.59 bits per heavy atom. The molecule has 0 amide bonds. The van der Waals surface area contributed by atoms with E-state index in [-0.39, 0.29) is 12.2 Å². The van der Waals surface area contributed by atoms with Crippen molar-refractivity contribution in [3.63, 3.8) is 0 Å². The number of carbonyl (C=O) groups is 1. The molecule has 1 unspecified atom stereocenters. The van der Waals surface area contributed by atoms with Crippen LogP contribution in [0.5, 0.6) is 0 Å². The Morgan fingerprint density at radius 1 is 1.35 bits per heavy atom. The lowest BCUT2D eigenvalue weighted by Gasteiger charge is -2.24. The molecule has 1 atom stereocenters. The third-order valence-corrected chi connectivity index (χ3v) is 2.79. The van der Waals surface area contributed by atoms with Crippen molar-refractivity contribution in [2.45, 2.75) is 12.2 Å². The maximum absolute atomic E-state index is 12.1. The highest BCUT2D eigenvalue weighted by molar-refractivity contribution is 6.10. The number of carbonyl (C=O) groups excluding carboxylic acids is 1. The number of aliphatic hydroxyl groups is 1. The predicted octanol–water partition coefficient (Wildman–Crippen LogP) is 2.09. The molecule has 1 aliphatic carbocycles. The number of rotatable bonds is 3. The Labute approximate surface area is 100 Å². The van der Waals surface area contributed by atoms with Crippen LogP contribution in [0.4, 0.5) is 0 Å². The Bertz CT molecular complexity index is 474. The summed E-state index contributed by atoms with van der Waals surface area (Å²) < 4.78 is 4.93. The molecule has 0 heterocycles. The zero-order valence-electron chi connectivity index (χ0n) is 9.59. The molecule has 1 aromatic rings. The molecule has 2 rings (SSSR count). The summed E-state index contributed by atoms with van der Waals surface area (Å²) in [5.41, 5.74) is 1.23. The van der Waals surface area contributed by atoms with E-state index in [1.54, 1.807) is 24.3 Å². The lowest BCUT2D eigenvalue weighted by atomic mass is 9.96. The third kappa shape index (κ3) is 2.52. The van der Waals surface area contributed by atoms with Crippen LogP contribution in [0.3, 0.4) is 0 Å². The molecular formula is C14H14O3. The zero-order chi connectivity index (χ0) is 12.3. The monoisotopic (exact) mass is 230 g/mol. The molecule has 0 spiro atoms. The lowest BCUT2D eigenvalue weighted by Crippen LogP contribution is -2.29. The minimum absolute atomic E-state index is 0.0417. The number of hydrogen-bond donors (Lipinski definition) is 1. The van der Waals surface area contributed by atoms with Crippen LogP contribution in [0.25, 0.3) is 0 Å². The maximum Gasteiger partial charge on any atom is 0.192 e. The number of ether oxygens (including phenoxy) is 1. The number of methoxy groups -OCH3 is 1. The zero-order valence-corrected chi connectivity index (χ0v) is 9.59. The second-order valence-corrected chi connectivity index (χ2v) is 3.94. The second kappa shape index (κ2) is 4.65. The molecule has 1 aliphatic rings. The van der Waals surface area contributed by atoms with Crippen molar-refractivity contribution in [1.82, 2.24) is 0 Å². The fourth-order valence-electron chi connectivity index (χ4n) is 1.69. The number of Topliss-reactive ketones (excluding diaryl/α,β-unsaturated/α-hetero) is 1. The van der Waals surface area contributed by atoms with Gasteiger partial charge in [0.1, 0.15) is 0 Å². The highest BCUT2D eigenvalue weighted by Crippen LogP contribution is 2.23. The summed E-state index contributed by atoms with van der Waals surface area (Å²) >= 11 is 0. The average Bonchev–Trinajstić information content (AvgIpc) is 2.40. The Balaban J connectivity index is 2.17. The van der Waals surface area contributed by atoms with E-state index in [2.05, 4.69) is 0 Å². The van der Waals surface area contributed by atoms with Crippen molar-refractivity contribution < 1.29 is 14.6 Å². The predicted molar refractivity (Wildman–Crippen MR) is 64.6 cm³/mol. The van der Waals surface area contributed by atoms with Crippen LogP contribution in [0.2, 0.25) is 0 Å². The SMILES string of the molecule is COC1(O)C=CC(C(=O)c2ccccc2)=CC1. The normalized spacial score (nSPS) is 23.3. The van der Waals surface area contributed by atoms with E-state index in [0.29, 0.717) is 11.1 Å². The van der Waals surface area contributed by atoms with Crippen LogP contribution >= 0.6 is 0 Å². The first-order valence-electron chi connectivity index (χ1n) is 5.41. The summed E-state index contributed by atoms with van der Waals surface area (Å²) in [7, 11) is 1.43. The number of hydrogen-bond acceptors (Lipinski definition) is 3. The molecule has 3 nitrogen and oxygen atoms in total. The molecule has 0 bridgehead atoms. The van der Waals surface area contributed by atoms with Crippen LogP contribution in [0, 0.1) is 0 Å². The van der Waals surface area contributed by atoms with Gasteiger partial charge in [0.15, 0.2) is 11.6 Å². The summed E-state index contributed by atoms with van der Waals surface area (Å²) in [5, 5.41) is 9.79. The highest BCUT2D eigenvalue weighted by Gasteiger charge is 2.25. The molecule has 3 heteroatoms. The summed E-state index contributed by atoms with van der Waals surface area (Å²) in [6.45, 7) is 0. The van der Waals surface area contributed by atoms with E-state index < -0.39 is 5.79 Å². The van der Waals surface area contributed by atoms with Gasteiger partial charge in [0.25, 0.3) is 0 Å². The van der Waals surface area contributed by atoms with E-state index in [1.807, 2.05) is 18.2 Å². The van der Waals surface area contributed by atoms with Gasteiger partial charge in [-0.1, -0.05) is 42.5 Å².